The molecule has 0 fully saturated rings. The van der Waals surface area contributed by atoms with Crippen molar-refractivity contribution in [2.75, 3.05) is 0 Å². The van der Waals surface area contributed by atoms with E-state index in [1.54, 1.807) is 0 Å². The van der Waals surface area contributed by atoms with Crippen molar-refractivity contribution in [3.8, 4) is 44.5 Å². The number of benzene rings is 8. The third-order valence-electron chi connectivity index (χ3n) is 10.2. The summed E-state index contributed by atoms with van der Waals surface area (Å²) in [7, 11) is 0. The van der Waals surface area contributed by atoms with E-state index in [4.69, 9.17) is 0 Å². The molecule has 1 heteroatoms. The van der Waals surface area contributed by atoms with Crippen molar-refractivity contribution in [1.82, 2.24) is 0 Å². The molecule has 0 saturated carbocycles. The van der Waals surface area contributed by atoms with Crippen LogP contribution in [-0.2, 0) is 5.41 Å². The van der Waals surface area contributed by atoms with Gasteiger partial charge in [-0.2, -0.15) is 0 Å². The van der Waals surface area contributed by atoms with E-state index in [0.29, 0.717) is 0 Å². The minimum Gasteiger partial charge on any atom is -0.0619 e. The summed E-state index contributed by atoms with van der Waals surface area (Å²) >= 11 is 3.63. The van der Waals surface area contributed by atoms with Crippen LogP contribution in [0, 0.1) is 0 Å². The Morgan fingerprint density at radius 2 is 0.826 bits per heavy atom. The molecule has 1 aliphatic rings. The van der Waals surface area contributed by atoms with Crippen LogP contribution < -0.4 is 0 Å². The topological polar surface area (TPSA) is 0 Å². The predicted molar refractivity (Wildman–Crippen MR) is 201 cm³/mol. The predicted octanol–water partition coefficient (Wildman–Crippen LogP) is 13.2. The van der Waals surface area contributed by atoms with Crippen LogP contribution in [0.5, 0.6) is 0 Å². The summed E-state index contributed by atoms with van der Waals surface area (Å²) in [5.41, 5.74) is 13.1. The average Bonchev–Trinajstić information content (AvgIpc) is 3.33. The minimum atomic E-state index is -0.0356. The minimum absolute atomic E-state index is 0.0356. The lowest BCUT2D eigenvalue weighted by Gasteiger charge is -2.22. The average molecular weight is 652 g/mol. The second kappa shape index (κ2) is 10.3. The monoisotopic (exact) mass is 650 g/mol. The van der Waals surface area contributed by atoms with Crippen LogP contribution >= 0.6 is 15.9 Å². The molecule has 8 aromatic carbocycles. The fraction of sp³-hybridized carbons (Fsp3) is 0.0667. The summed E-state index contributed by atoms with van der Waals surface area (Å²) in [6.45, 7) is 4.72. The Bertz CT molecular complexity index is 2440. The molecule has 0 saturated heterocycles. The highest BCUT2D eigenvalue weighted by Crippen LogP contribution is 2.51. The molecular formula is C45H31Br. The van der Waals surface area contributed by atoms with Gasteiger partial charge in [0.2, 0.25) is 0 Å². The van der Waals surface area contributed by atoms with Crippen molar-refractivity contribution in [2.45, 2.75) is 19.3 Å². The van der Waals surface area contributed by atoms with Crippen LogP contribution in [0.1, 0.15) is 25.0 Å². The smallest absolute Gasteiger partial charge is 0.0175 e. The molecule has 0 nitrogen and oxygen atoms in total. The largest absolute Gasteiger partial charge is 0.0619 e. The van der Waals surface area contributed by atoms with E-state index in [0.717, 1.165) is 4.47 Å². The maximum atomic E-state index is 3.63. The summed E-state index contributed by atoms with van der Waals surface area (Å²) in [6.07, 6.45) is 0. The number of hydrogen-bond acceptors (Lipinski definition) is 0. The van der Waals surface area contributed by atoms with E-state index in [9.17, 15) is 0 Å². The summed E-state index contributed by atoms with van der Waals surface area (Å²) in [5, 5.41) is 7.63. The molecule has 46 heavy (non-hydrogen) atoms. The molecule has 0 atom stereocenters. The van der Waals surface area contributed by atoms with Gasteiger partial charge in [0.25, 0.3) is 0 Å². The first-order valence-electron chi connectivity index (χ1n) is 16.0. The van der Waals surface area contributed by atoms with Gasteiger partial charge >= 0.3 is 0 Å². The van der Waals surface area contributed by atoms with E-state index >= 15 is 0 Å². The SMILES string of the molecule is CC1(C)c2ccccc2-c2ccc(-c3ccc(-c4c5ccccc5c(-c5ccc(Br)cc5)c5ccccc45)c4ccccc34)cc21. The maximum absolute atomic E-state index is 3.63. The molecule has 0 bridgehead atoms. The Morgan fingerprint density at radius 3 is 1.48 bits per heavy atom. The summed E-state index contributed by atoms with van der Waals surface area (Å²) in [5.74, 6) is 0. The maximum Gasteiger partial charge on any atom is 0.0175 e. The zero-order valence-electron chi connectivity index (χ0n) is 25.8. The van der Waals surface area contributed by atoms with Gasteiger partial charge in [-0.1, -0.05) is 163 Å². The Labute approximate surface area is 278 Å². The number of rotatable bonds is 3. The molecule has 0 aromatic heterocycles. The summed E-state index contributed by atoms with van der Waals surface area (Å²) in [4.78, 5) is 0. The fourth-order valence-corrected chi connectivity index (χ4v) is 8.25. The first-order chi connectivity index (χ1) is 22.5. The third-order valence-corrected chi connectivity index (χ3v) is 10.7. The summed E-state index contributed by atoms with van der Waals surface area (Å²) < 4.78 is 1.09. The normalized spacial score (nSPS) is 13.3. The van der Waals surface area contributed by atoms with E-state index in [-0.39, 0.29) is 5.41 Å². The molecule has 0 radical (unpaired) electrons. The van der Waals surface area contributed by atoms with Crippen molar-refractivity contribution in [3.63, 3.8) is 0 Å². The van der Waals surface area contributed by atoms with Gasteiger partial charge < -0.3 is 0 Å². The second-order valence-corrected chi connectivity index (χ2v) is 13.9. The van der Waals surface area contributed by atoms with E-state index in [1.807, 2.05) is 0 Å². The van der Waals surface area contributed by atoms with Crippen molar-refractivity contribution in [3.05, 3.63) is 167 Å². The molecule has 9 rings (SSSR count). The van der Waals surface area contributed by atoms with Gasteiger partial charge in [-0.05, 0) is 106 Å². The standard InChI is InChI=1S/C45H31Br/c1-45(2)41-18-10-9-13-34(41)35-24-21-29(27-42(35)45)31-25-26-40(33-12-4-3-11-32(31)33)44-38-16-7-5-14-36(38)43(28-19-22-30(46)23-20-28)37-15-6-8-17-39(37)44/h3-27H,1-2H3. The number of halogens is 1. The first kappa shape index (κ1) is 27.3. The van der Waals surface area contributed by atoms with Crippen LogP contribution in [0.15, 0.2) is 156 Å². The molecule has 0 spiro atoms. The highest BCUT2D eigenvalue weighted by molar-refractivity contribution is 9.10. The molecule has 0 aliphatic heterocycles. The second-order valence-electron chi connectivity index (χ2n) is 13.0. The zero-order chi connectivity index (χ0) is 31.0. The molecule has 1 aliphatic carbocycles. The van der Waals surface area contributed by atoms with Gasteiger partial charge in [-0.15, -0.1) is 0 Å². The lowest BCUT2D eigenvalue weighted by atomic mass is 9.81. The fourth-order valence-electron chi connectivity index (χ4n) is 7.99. The number of hydrogen-bond donors (Lipinski definition) is 0. The van der Waals surface area contributed by atoms with Crippen molar-refractivity contribution in [2.24, 2.45) is 0 Å². The van der Waals surface area contributed by atoms with Gasteiger partial charge in [0.1, 0.15) is 0 Å². The molecule has 0 amide bonds. The highest BCUT2D eigenvalue weighted by Gasteiger charge is 2.35. The van der Waals surface area contributed by atoms with Crippen molar-refractivity contribution in [1.29, 1.82) is 0 Å². The molecule has 218 valence electrons. The molecule has 8 aromatic rings. The lowest BCUT2D eigenvalue weighted by molar-refractivity contribution is 0.660. The van der Waals surface area contributed by atoms with Crippen LogP contribution in [0.2, 0.25) is 0 Å². The zero-order valence-corrected chi connectivity index (χ0v) is 27.4. The van der Waals surface area contributed by atoms with Crippen molar-refractivity contribution < 1.29 is 0 Å². The Hall–Kier alpha value is -4.98. The van der Waals surface area contributed by atoms with Gasteiger partial charge in [0.05, 0.1) is 0 Å². The van der Waals surface area contributed by atoms with E-state index in [1.165, 1.54) is 88.0 Å². The quantitative estimate of drug-likeness (QED) is 0.167. The van der Waals surface area contributed by atoms with Crippen molar-refractivity contribution >= 4 is 48.2 Å². The number of fused-ring (bicyclic) bond motifs is 6. The third kappa shape index (κ3) is 3.98. The van der Waals surface area contributed by atoms with Crippen LogP contribution in [-0.4, -0.2) is 0 Å². The van der Waals surface area contributed by atoms with Crippen LogP contribution in [0.3, 0.4) is 0 Å². The Balaban J connectivity index is 1.30. The van der Waals surface area contributed by atoms with E-state index in [2.05, 4.69) is 181 Å². The van der Waals surface area contributed by atoms with E-state index < -0.39 is 0 Å². The molecule has 0 heterocycles. The van der Waals surface area contributed by atoms with Gasteiger partial charge in [0, 0.05) is 9.89 Å². The van der Waals surface area contributed by atoms with Crippen LogP contribution in [0.4, 0.5) is 0 Å². The van der Waals surface area contributed by atoms with Gasteiger partial charge in [0.15, 0.2) is 0 Å². The Morgan fingerprint density at radius 1 is 0.370 bits per heavy atom. The molecule has 0 N–H and O–H groups in total. The Kier molecular flexibility index (Phi) is 6.11. The highest BCUT2D eigenvalue weighted by atomic mass is 79.9. The van der Waals surface area contributed by atoms with Gasteiger partial charge in [-0.25, -0.2) is 0 Å². The summed E-state index contributed by atoms with van der Waals surface area (Å²) in [6, 6.07) is 56.2. The molecular weight excluding hydrogens is 620 g/mol. The molecule has 0 unspecified atom stereocenters. The van der Waals surface area contributed by atoms with Crippen LogP contribution in [0.25, 0.3) is 76.8 Å². The first-order valence-corrected chi connectivity index (χ1v) is 16.8. The lowest BCUT2D eigenvalue weighted by Crippen LogP contribution is -2.14. The van der Waals surface area contributed by atoms with Gasteiger partial charge in [-0.3, -0.25) is 0 Å².